The zero-order chi connectivity index (χ0) is 44.2. The van der Waals surface area contributed by atoms with Crippen molar-refractivity contribution in [3.05, 3.63) is 199 Å². The van der Waals surface area contributed by atoms with Crippen LogP contribution in [0.4, 0.5) is 0 Å². The number of aromatic nitrogens is 8. The van der Waals surface area contributed by atoms with Crippen LogP contribution < -0.4 is 10.6 Å². The van der Waals surface area contributed by atoms with Gasteiger partial charge in [-0.05, 0) is 102 Å². The number of nitrogens with zero attached hydrogens (tertiary/aromatic N) is 6. The fraction of sp³-hybridized carbons (Fsp3) is 0.0833. The molecule has 0 fully saturated rings. The zero-order valence-electron chi connectivity index (χ0n) is 33.5. The number of carbonyl (C=O) groups is 2. The van der Waals surface area contributed by atoms with Gasteiger partial charge in [0, 0.05) is 106 Å². The van der Waals surface area contributed by atoms with Crippen LogP contribution in [0, 0.1) is 0 Å². The van der Waals surface area contributed by atoms with Gasteiger partial charge in [-0.15, -0.1) is 0 Å². The molecule has 64 heavy (non-hydrogen) atoms. The lowest BCUT2D eigenvalue weighted by Crippen LogP contribution is -2.23. The lowest BCUT2D eigenvalue weighted by molar-refractivity contribution is 0.0942. The van der Waals surface area contributed by atoms with E-state index >= 15 is 0 Å². The van der Waals surface area contributed by atoms with Crippen LogP contribution in [-0.2, 0) is 25.9 Å². The second-order valence-electron chi connectivity index (χ2n) is 14.9. The summed E-state index contributed by atoms with van der Waals surface area (Å²) in [6.45, 7) is 0.658. The maximum absolute atomic E-state index is 12.7. The molecule has 0 radical (unpaired) electrons. The van der Waals surface area contributed by atoms with E-state index in [0.29, 0.717) is 57.1 Å². The highest BCUT2D eigenvalue weighted by molar-refractivity contribution is 6.35. The van der Waals surface area contributed by atoms with Gasteiger partial charge in [-0.25, -0.2) is 4.98 Å². The predicted octanol–water partition coefficient (Wildman–Crippen LogP) is 10.7. The predicted molar refractivity (Wildman–Crippen MR) is 252 cm³/mol. The highest BCUT2D eigenvalue weighted by Gasteiger charge is 2.13. The van der Waals surface area contributed by atoms with E-state index in [0.717, 1.165) is 77.5 Å². The van der Waals surface area contributed by atoms with Gasteiger partial charge in [-0.3, -0.25) is 34.6 Å². The Hall–Kier alpha value is -6.96. The van der Waals surface area contributed by atoms with Crippen molar-refractivity contribution >= 4 is 102 Å². The highest BCUT2D eigenvalue weighted by atomic mass is 35.5. The number of benzene rings is 3. The quantitative estimate of drug-likeness (QED) is 0.105. The average molecular weight is 925 g/mol. The fourth-order valence-corrected chi connectivity index (χ4v) is 7.92. The average Bonchev–Trinajstić information content (AvgIpc) is 3.89. The second kappa shape index (κ2) is 18.8. The van der Waals surface area contributed by atoms with Gasteiger partial charge in [0.1, 0.15) is 5.65 Å². The third-order valence-electron chi connectivity index (χ3n) is 10.4. The Bertz CT molecular complexity index is 3370. The molecule has 0 spiro atoms. The highest BCUT2D eigenvalue weighted by Crippen LogP contribution is 2.24. The molecular formula is C48H34Cl4N10O2. The number of hydrogen-bond donors (Lipinski definition) is 4. The van der Waals surface area contributed by atoms with Crippen molar-refractivity contribution in [1.29, 1.82) is 0 Å². The minimum Gasteiger partial charge on any atom is -0.348 e. The molecule has 10 aromatic rings. The Labute approximate surface area is 385 Å². The number of carbonyl (C=O) groups excluding carboxylic acids is 2. The lowest BCUT2D eigenvalue weighted by Gasteiger charge is -2.08. The van der Waals surface area contributed by atoms with E-state index in [-0.39, 0.29) is 11.8 Å². The molecule has 3 aromatic carbocycles. The molecule has 16 heteroatoms. The number of pyridine rings is 5. The molecule has 0 bridgehead atoms. The van der Waals surface area contributed by atoms with E-state index in [2.05, 4.69) is 50.7 Å². The van der Waals surface area contributed by atoms with Crippen molar-refractivity contribution in [2.24, 2.45) is 0 Å². The number of halogens is 4. The summed E-state index contributed by atoms with van der Waals surface area (Å²) < 4.78 is 0. The summed E-state index contributed by atoms with van der Waals surface area (Å²) in [5, 5.41) is 19.1. The Morgan fingerprint density at radius 3 is 1.75 bits per heavy atom. The van der Waals surface area contributed by atoms with Gasteiger partial charge in [0.25, 0.3) is 11.8 Å². The molecule has 7 heterocycles. The number of hydrogen-bond acceptors (Lipinski definition) is 8. The van der Waals surface area contributed by atoms with Crippen molar-refractivity contribution in [2.45, 2.75) is 25.9 Å². The number of rotatable bonds is 10. The van der Waals surface area contributed by atoms with Crippen LogP contribution in [0.5, 0.6) is 0 Å². The lowest BCUT2D eigenvalue weighted by atomic mass is 10.0. The number of H-pyrrole nitrogens is 2. The van der Waals surface area contributed by atoms with Crippen molar-refractivity contribution in [2.75, 3.05) is 0 Å². The molecular weight excluding hydrogens is 890 g/mol. The fourth-order valence-electron chi connectivity index (χ4n) is 7.22. The maximum Gasteiger partial charge on any atom is 0.251 e. The Balaban J connectivity index is 0.000000162. The van der Waals surface area contributed by atoms with Crippen LogP contribution in [0.1, 0.15) is 54.5 Å². The number of fused-ring (bicyclic) bond motifs is 4. The van der Waals surface area contributed by atoms with Crippen LogP contribution in [0.2, 0.25) is 20.1 Å². The van der Waals surface area contributed by atoms with Gasteiger partial charge in [0.15, 0.2) is 0 Å². The summed E-state index contributed by atoms with van der Waals surface area (Å²) >= 11 is 24.4. The normalized spacial score (nSPS) is 11.2. The first kappa shape index (κ1) is 42.3. The first-order valence-electron chi connectivity index (χ1n) is 19.9. The third kappa shape index (κ3) is 9.96. The number of nitrogens with one attached hydrogen (secondary N) is 4. The van der Waals surface area contributed by atoms with Gasteiger partial charge in [0.2, 0.25) is 0 Å². The molecule has 10 rings (SSSR count). The van der Waals surface area contributed by atoms with Crippen LogP contribution in [0.3, 0.4) is 0 Å². The molecule has 4 N–H and O–H groups in total. The molecule has 0 aliphatic rings. The van der Waals surface area contributed by atoms with Crippen LogP contribution in [-0.4, -0.2) is 51.9 Å². The molecule has 0 unspecified atom stereocenters. The van der Waals surface area contributed by atoms with Crippen LogP contribution in [0.15, 0.2) is 134 Å². The first-order chi connectivity index (χ1) is 31.1. The molecule has 0 atom stereocenters. The van der Waals surface area contributed by atoms with Crippen molar-refractivity contribution < 1.29 is 9.59 Å². The van der Waals surface area contributed by atoms with Gasteiger partial charge < -0.3 is 15.6 Å². The first-order valence-corrected chi connectivity index (χ1v) is 21.4. The van der Waals surface area contributed by atoms with E-state index in [9.17, 15) is 9.59 Å². The van der Waals surface area contributed by atoms with Crippen LogP contribution in [0.25, 0.3) is 43.7 Å². The van der Waals surface area contributed by atoms with Crippen molar-refractivity contribution in [3.63, 3.8) is 0 Å². The molecule has 12 nitrogen and oxygen atoms in total. The van der Waals surface area contributed by atoms with Gasteiger partial charge in [-0.2, -0.15) is 5.10 Å². The number of amides is 2. The minimum atomic E-state index is -0.187. The maximum atomic E-state index is 12.7. The van der Waals surface area contributed by atoms with Crippen molar-refractivity contribution in [3.8, 4) is 0 Å². The smallest absolute Gasteiger partial charge is 0.251 e. The largest absolute Gasteiger partial charge is 0.348 e. The van der Waals surface area contributed by atoms with E-state index in [1.54, 1.807) is 67.5 Å². The van der Waals surface area contributed by atoms with E-state index < -0.39 is 0 Å². The molecule has 0 saturated carbocycles. The molecule has 2 amide bonds. The molecule has 0 saturated heterocycles. The summed E-state index contributed by atoms with van der Waals surface area (Å²) in [6, 6.07) is 30.2. The molecule has 316 valence electrons. The van der Waals surface area contributed by atoms with E-state index in [4.69, 9.17) is 46.4 Å². The van der Waals surface area contributed by atoms with Gasteiger partial charge in [-0.1, -0.05) is 58.5 Å². The topological polar surface area (TPSA) is 167 Å². The van der Waals surface area contributed by atoms with E-state index in [1.807, 2.05) is 66.7 Å². The van der Waals surface area contributed by atoms with Gasteiger partial charge >= 0.3 is 0 Å². The van der Waals surface area contributed by atoms with E-state index in [1.165, 1.54) is 0 Å². The van der Waals surface area contributed by atoms with Crippen LogP contribution >= 0.6 is 46.4 Å². The second-order valence-corrected chi connectivity index (χ2v) is 16.6. The molecule has 0 aliphatic carbocycles. The SMILES string of the molecule is O=C(NCc1[nH]nc2ccc(Cl)cc12)c1ccnc(Cc2ccc3ncc(Cl)cc3c2)c1.O=C(NCc1cnc2[nH]cc(Cl)c2c1)c1ccnc(Cc2ccc3ncc(Cl)cc3c2)c1. The monoisotopic (exact) mass is 922 g/mol. The molecule has 7 aromatic heterocycles. The zero-order valence-corrected chi connectivity index (χ0v) is 36.6. The minimum absolute atomic E-state index is 0.177. The Kier molecular flexibility index (Phi) is 12.4. The summed E-state index contributed by atoms with van der Waals surface area (Å²) in [5.41, 5.74) is 9.77. The third-order valence-corrected chi connectivity index (χ3v) is 11.3. The Morgan fingerprint density at radius 2 is 1.12 bits per heavy atom. The summed E-state index contributed by atoms with van der Waals surface area (Å²) in [7, 11) is 0. The van der Waals surface area contributed by atoms with Gasteiger partial charge in [0.05, 0.1) is 43.9 Å². The summed E-state index contributed by atoms with van der Waals surface area (Å²) in [4.78, 5) is 50.2. The van der Waals surface area contributed by atoms with Crippen molar-refractivity contribution in [1.82, 2.24) is 50.7 Å². The Morgan fingerprint density at radius 1 is 0.531 bits per heavy atom. The molecule has 0 aliphatic heterocycles. The number of aromatic amines is 2. The summed E-state index contributed by atoms with van der Waals surface area (Å²) in [6.07, 6.45) is 11.2. The standard InChI is InChI=1S/2C24H17Cl2N5O/c25-17-2-4-22-20(11-17)23(31-30-22)13-29-24(32)15-5-6-27-19(10-15)8-14-1-3-21-16(7-14)9-18(26)12-28-21;25-18-8-17-5-14(1-2-22(17)28-12-18)6-19-9-16(3-4-27-19)24(32)31-11-15-7-20-21(26)13-30-23(20)29-10-15/h1-7,9-12H,8,13H2,(H,29,32)(H,30,31);1-5,7-10,12-13H,6,11H2,(H,29,30)(H,31,32). The summed E-state index contributed by atoms with van der Waals surface area (Å²) in [5.74, 6) is -0.365.